The van der Waals surface area contributed by atoms with Gasteiger partial charge in [-0.3, -0.25) is 9.59 Å². The van der Waals surface area contributed by atoms with Crippen molar-refractivity contribution in [1.29, 1.82) is 0 Å². The first kappa shape index (κ1) is 39.8. The molecule has 0 amide bonds. The van der Waals surface area contributed by atoms with Crippen LogP contribution in [0.15, 0.2) is 0 Å². The Hall–Kier alpha value is -1.18. The summed E-state index contributed by atoms with van der Waals surface area (Å²) in [6.45, 7) is 6.34. The van der Waals surface area contributed by atoms with Gasteiger partial charge in [0.2, 0.25) is 0 Å². The lowest BCUT2D eigenvalue weighted by Gasteiger charge is -2.27. The van der Waals surface area contributed by atoms with Crippen LogP contribution in [0, 0.1) is 5.92 Å². The maximum absolute atomic E-state index is 12.5. The second-order valence-corrected chi connectivity index (χ2v) is 13.3. The van der Waals surface area contributed by atoms with E-state index in [2.05, 4.69) is 20.8 Å². The standard InChI is InChI=1S/C36H68O7/c1-4-5-6-7-8-13-17-20-23-26-33(39)42-32(28-37)36-35(31(38)29-41-36)43-34(40)27-24-21-18-15-12-10-9-11-14-16-19-22-25-30(2)3/h30-32,35-38H,4-29H2,1-3H3/t31-,32+,35+,36+/m0/s1. The Morgan fingerprint density at radius 2 is 1.14 bits per heavy atom. The first-order valence-corrected chi connectivity index (χ1v) is 18.2. The molecular weight excluding hydrogens is 544 g/mol. The van der Waals surface area contributed by atoms with Crippen LogP contribution in [0.2, 0.25) is 0 Å². The molecule has 0 unspecified atom stereocenters. The van der Waals surface area contributed by atoms with Gasteiger partial charge in [-0.1, -0.05) is 149 Å². The zero-order valence-corrected chi connectivity index (χ0v) is 28.2. The van der Waals surface area contributed by atoms with Gasteiger partial charge in [0.25, 0.3) is 0 Å². The summed E-state index contributed by atoms with van der Waals surface area (Å²) in [4.78, 5) is 24.9. The molecule has 1 heterocycles. The van der Waals surface area contributed by atoms with Crippen molar-refractivity contribution < 1.29 is 34.0 Å². The fourth-order valence-electron chi connectivity index (χ4n) is 5.90. The minimum absolute atomic E-state index is 0.0208. The van der Waals surface area contributed by atoms with E-state index in [4.69, 9.17) is 14.2 Å². The zero-order valence-electron chi connectivity index (χ0n) is 28.2. The van der Waals surface area contributed by atoms with Crippen molar-refractivity contribution in [2.45, 2.75) is 199 Å². The molecule has 0 spiro atoms. The van der Waals surface area contributed by atoms with E-state index in [1.807, 2.05) is 0 Å². The fourth-order valence-corrected chi connectivity index (χ4v) is 5.90. The lowest BCUT2D eigenvalue weighted by molar-refractivity contribution is -0.171. The van der Waals surface area contributed by atoms with Crippen molar-refractivity contribution in [3.63, 3.8) is 0 Å². The van der Waals surface area contributed by atoms with Gasteiger partial charge in [-0.2, -0.15) is 0 Å². The smallest absolute Gasteiger partial charge is 0.306 e. The normalized spacial score (nSPS) is 19.2. The van der Waals surface area contributed by atoms with Crippen molar-refractivity contribution >= 4 is 11.9 Å². The highest BCUT2D eigenvalue weighted by Crippen LogP contribution is 2.24. The average Bonchev–Trinajstić information content (AvgIpc) is 3.34. The van der Waals surface area contributed by atoms with E-state index in [9.17, 15) is 19.8 Å². The molecule has 2 N–H and O–H groups in total. The zero-order chi connectivity index (χ0) is 31.5. The Labute approximate surface area is 264 Å². The molecule has 1 rings (SSSR count). The van der Waals surface area contributed by atoms with Gasteiger partial charge in [-0.25, -0.2) is 0 Å². The lowest BCUT2D eigenvalue weighted by atomic mass is 10.0. The fraction of sp³-hybridized carbons (Fsp3) is 0.944. The molecule has 7 heteroatoms. The molecule has 0 aromatic carbocycles. The van der Waals surface area contributed by atoms with Crippen LogP contribution < -0.4 is 0 Å². The van der Waals surface area contributed by atoms with Crippen molar-refractivity contribution in [2.24, 2.45) is 5.92 Å². The topological polar surface area (TPSA) is 102 Å². The summed E-state index contributed by atoms with van der Waals surface area (Å²) >= 11 is 0. The third-order valence-electron chi connectivity index (χ3n) is 8.66. The van der Waals surface area contributed by atoms with Gasteiger partial charge in [0, 0.05) is 12.8 Å². The Bertz CT molecular complexity index is 668. The monoisotopic (exact) mass is 612 g/mol. The second-order valence-electron chi connectivity index (χ2n) is 13.3. The highest BCUT2D eigenvalue weighted by Gasteiger charge is 2.45. The van der Waals surface area contributed by atoms with Crippen LogP contribution in [-0.2, 0) is 23.8 Å². The number of ether oxygens (including phenoxy) is 3. The molecule has 43 heavy (non-hydrogen) atoms. The number of hydrogen-bond donors (Lipinski definition) is 2. The molecule has 4 atom stereocenters. The molecule has 1 saturated heterocycles. The number of carbonyl (C=O) groups is 2. The van der Waals surface area contributed by atoms with E-state index in [-0.39, 0.29) is 25.4 Å². The highest BCUT2D eigenvalue weighted by atomic mass is 16.6. The van der Waals surface area contributed by atoms with Crippen LogP contribution >= 0.6 is 0 Å². The van der Waals surface area contributed by atoms with Crippen molar-refractivity contribution in [2.75, 3.05) is 13.2 Å². The second kappa shape index (κ2) is 27.2. The molecule has 0 bridgehead atoms. The summed E-state index contributed by atoms with van der Waals surface area (Å²) in [6.07, 6.45) is 23.3. The van der Waals surface area contributed by atoms with Gasteiger partial charge in [0.05, 0.1) is 13.2 Å². The third kappa shape index (κ3) is 21.2. The summed E-state index contributed by atoms with van der Waals surface area (Å²) in [7, 11) is 0. The van der Waals surface area contributed by atoms with E-state index < -0.39 is 37.0 Å². The number of carbonyl (C=O) groups excluding carboxylic acids is 2. The number of esters is 2. The molecule has 0 saturated carbocycles. The van der Waals surface area contributed by atoms with Crippen LogP contribution in [0.5, 0.6) is 0 Å². The number of aliphatic hydroxyl groups excluding tert-OH is 2. The van der Waals surface area contributed by atoms with E-state index >= 15 is 0 Å². The van der Waals surface area contributed by atoms with Gasteiger partial charge >= 0.3 is 11.9 Å². The lowest BCUT2D eigenvalue weighted by Crippen LogP contribution is -2.45. The predicted octanol–water partition coefficient (Wildman–Crippen LogP) is 8.60. The first-order valence-electron chi connectivity index (χ1n) is 18.2. The van der Waals surface area contributed by atoms with Crippen LogP contribution in [0.3, 0.4) is 0 Å². The molecule has 0 aliphatic carbocycles. The van der Waals surface area contributed by atoms with Gasteiger partial charge in [-0.05, 0) is 18.8 Å². The molecule has 1 aliphatic rings. The molecule has 0 aromatic rings. The number of unbranched alkanes of at least 4 members (excludes halogenated alkanes) is 19. The van der Waals surface area contributed by atoms with Gasteiger partial charge in [0.1, 0.15) is 12.2 Å². The van der Waals surface area contributed by atoms with Crippen molar-refractivity contribution in [3.05, 3.63) is 0 Å². The molecule has 1 aliphatic heterocycles. The molecule has 0 aromatic heterocycles. The maximum atomic E-state index is 12.5. The number of rotatable bonds is 29. The molecule has 254 valence electrons. The van der Waals surface area contributed by atoms with E-state index in [1.165, 1.54) is 103 Å². The minimum atomic E-state index is -1.00. The largest absolute Gasteiger partial charge is 0.457 e. The van der Waals surface area contributed by atoms with Crippen LogP contribution in [0.1, 0.15) is 175 Å². The molecule has 0 radical (unpaired) electrons. The van der Waals surface area contributed by atoms with Crippen LogP contribution in [-0.4, -0.2) is 59.8 Å². The van der Waals surface area contributed by atoms with Crippen LogP contribution in [0.25, 0.3) is 0 Å². The average molecular weight is 613 g/mol. The van der Waals surface area contributed by atoms with Crippen LogP contribution in [0.4, 0.5) is 0 Å². The Kier molecular flexibility index (Phi) is 25.2. The number of aliphatic hydroxyl groups is 2. The van der Waals surface area contributed by atoms with Gasteiger partial charge < -0.3 is 24.4 Å². The Balaban J connectivity index is 2.14. The highest BCUT2D eigenvalue weighted by molar-refractivity contribution is 5.70. The summed E-state index contributed by atoms with van der Waals surface area (Å²) in [5, 5.41) is 20.2. The summed E-state index contributed by atoms with van der Waals surface area (Å²) in [5.41, 5.74) is 0. The molecule has 1 fully saturated rings. The van der Waals surface area contributed by atoms with Gasteiger partial charge in [0.15, 0.2) is 12.2 Å². The number of hydrogen-bond acceptors (Lipinski definition) is 7. The maximum Gasteiger partial charge on any atom is 0.306 e. The molecule has 7 nitrogen and oxygen atoms in total. The first-order chi connectivity index (χ1) is 20.9. The van der Waals surface area contributed by atoms with Crippen molar-refractivity contribution in [1.82, 2.24) is 0 Å². The summed E-state index contributed by atoms with van der Waals surface area (Å²) < 4.78 is 16.6. The van der Waals surface area contributed by atoms with E-state index in [0.29, 0.717) is 0 Å². The van der Waals surface area contributed by atoms with Crippen molar-refractivity contribution in [3.8, 4) is 0 Å². The van der Waals surface area contributed by atoms with Gasteiger partial charge in [-0.15, -0.1) is 0 Å². The Morgan fingerprint density at radius 3 is 1.60 bits per heavy atom. The van der Waals surface area contributed by atoms with E-state index in [0.717, 1.165) is 44.4 Å². The predicted molar refractivity (Wildman–Crippen MR) is 174 cm³/mol. The summed E-state index contributed by atoms with van der Waals surface area (Å²) in [6, 6.07) is 0. The third-order valence-corrected chi connectivity index (χ3v) is 8.66. The minimum Gasteiger partial charge on any atom is -0.457 e. The van der Waals surface area contributed by atoms with E-state index in [1.54, 1.807) is 0 Å². The SMILES string of the molecule is CCCCCCCCCCCC(=O)O[C@H](CO)[C@H]1OC[C@H](O)[C@H]1OC(=O)CCCCCCCCCCCCCCC(C)C. The molecular formula is C36H68O7. The quantitative estimate of drug-likeness (QED) is 0.0644. The Morgan fingerprint density at radius 1 is 0.698 bits per heavy atom. The summed E-state index contributed by atoms with van der Waals surface area (Å²) in [5.74, 6) is 0.0502.